The minimum Gasteiger partial charge on any atom is -0.487 e. The van der Waals surface area contributed by atoms with Gasteiger partial charge in [-0.1, -0.05) is 29.4 Å². The summed E-state index contributed by atoms with van der Waals surface area (Å²) in [5.41, 5.74) is 8.52. The molecule has 0 aliphatic heterocycles. The Morgan fingerprint density at radius 3 is 2.56 bits per heavy atom. The molecular weight excluding hydrogens is 230 g/mol. The van der Waals surface area contributed by atoms with Crippen LogP contribution >= 0.6 is 0 Å². The molecule has 0 aliphatic carbocycles. The third kappa shape index (κ3) is 2.87. The molecule has 1 aromatic carbocycles. The Morgan fingerprint density at radius 2 is 2.00 bits per heavy atom. The third-order valence-electron chi connectivity index (χ3n) is 2.87. The number of aryl methyl sites for hydroxylation is 1. The minimum absolute atomic E-state index is 0.0843. The summed E-state index contributed by atoms with van der Waals surface area (Å²) in [5, 5.41) is 7.45. The second-order valence-corrected chi connectivity index (χ2v) is 4.17. The molecule has 0 aliphatic rings. The maximum absolute atomic E-state index is 5.94. The van der Waals surface area contributed by atoms with Crippen LogP contribution in [0.5, 0.6) is 5.75 Å². The predicted octanol–water partition coefficient (Wildman–Crippen LogP) is 2.37. The standard InChI is InChI=1S/C13H17N3O2/c1-3-12(14)10-4-6-11(7-5-10)17-8-13-9(2)15-18-16-13/h4-7,12H,3,8,14H2,1-2H3/t12-/m1/s1. The normalized spacial score (nSPS) is 12.4. The van der Waals surface area contributed by atoms with E-state index in [9.17, 15) is 0 Å². The average Bonchev–Trinajstić information content (AvgIpc) is 2.81. The minimum atomic E-state index is 0.0843. The molecule has 0 saturated heterocycles. The van der Waals surface area contributed by atoms with Crippen LogP contribution in [0.2, 0.25) is 0 Å². The summed E-state index contributed by atoms with van der Waals surface area (Å²) in [7, 11) is 0. The molecule has 0 radical (unpaired) electrons. The molecule has 18 heavy (non-hydrogen) atoms. The molecule has 1 atom stereocenters. The first-order valence-corrected chi connectivity index (χ1v) is 5.97. The molecule has 0 fully saturated rings. The number of ether oxygens (including phenoxy) is 1. The van der Waals surface area contributed by atoms with Crippen LogP contribution in [-0.4, -0.2) is 10.3 Å². The Balaban J connectivity index is 1.96. The third-order valence-corrected chi connectivity index (χ3v) is 2.87. The molecule has 2 N–H and O–H groups in total. The zero-order chi connectivity index (χ0) is 13.0. The van der Waals surface area contributed by atoms with Crippen LogP contribution in [-0.2, 0) is 6.61 Å². The Bertz CT molecular complexity index is 493. The van der Waals surface area contributed by atoms with Crippen molar-refractivity contribution in [3.8, 4) is 5.75 Å². The number of hydrogen-bond acceptors (Lipinski definition) is 5. The van der Waals surface area contributed by atoms with E-state index in [4.69, 9.17) is 10.5 Å². The van der Waals surface area contributed by atoms with Gasteiger partial charge in [-0.2, -0.15) is 0 Å². The molecule has 5 nitrogen and oxygen atoms in total. The fourth-order valence-corrected chi connectivity index (χ4v) is 1.58. The van der Waals surface area contributed by atoms with Crippen LogP contribution in [0.25, 0.3) is 0 Å². The zero-order valence-corrected chi connectivity index (χ0v) is 10.6. The lowest BCUT2D eigenvalue weighted by Gasteiger charge is -2.10. The number of aromatic nitrogens is 2. The maximum atomic E-state index is 5.94. The fourth-order valence-electron chi connectivity index (χ4n) is 1.58. The zero-order valence-electron chi connectivity index (χ0n) is 10.6. The van der Waals surface area contributed by atoms with E-state index in [0.717, 1.165) is 23.4 Å². The smallest absolute Gasteiger partial charge is 0.145 e. The van der Waals surface area contributed by atoms with Crippen molar-refractivity contribution in [3.05, 3.63) is 41.2 Å². The summed E-state index contributed by atoms with van der Waals surface area (Å²) in [4.78, 5) is 0. The van der Waals surface area contributed by atoms with Crippen molar-refractivity contribution in [1.29, 1.82) is 0 Å². The second-order valence-electron chi connectivity index (χ2n) is 4.17. The van der Waals surface area contributed by atoms with Gasteiger partial charge in [-0.3, -0.25) is 0 Å². The fraction of sp³-hybridized carbons (Fsp3) is 0.385. The van der Waals surface area contributed by atoms with Crippen LogP contribution in [0, 0.1) is 6.92 Å². The van der Waals surface area contributed by atoms with Crippen molar-refractivity contribution < 1.29 is 9.37 Å². The molecule has 2 rings (SSSR count). The Labute approximate surface area is 106 Å². The van der Waals surface area contributed by atoms with E-state index in [2.05, 4.69) is 21.9 Å². The molecule has 0 bridgehead atoms. The molecule has 1 aromatic heterocycles. The van der Waals surface area contributed by atoms with Gasteiger partial charge in [0.05, 0.1) is 0 Å². The highest BCUT2D eigenvalue weighted by molar-refractivity contribution is 5.29. The second kappa shape index (κ2) is 5.64. The number of hydrogen-bond donors (Lipinski definition) is 1. The number of nitrogens with zero attached hydrogens (tertiary/aromatic N) is 2. The summed E-state index contributed by atoms with van der Waals surface area (Å²) < 4.78 is 10.2. The first kappa shape index (κ1) is 12.6. The predicted molar refractivity (Wildman–Crippen MR) is 67.0 cm³/mol. The lowest BCUT2D eigenvalue weighted by atomic mass is 10.1. The van der Waals surface area contributed by atoms with Crippen LogP contribution in [0.3, 0.4) is 0 Å². The van der Waals surface area contributed by atoms with Crippen LogP contribution in [0.1, 0.15) is 36.3 Å². The highest BCUT2D eigenvalue weighted by Gasteiger charge is 2.06. The van der Waals surface area contributed by atoms with E-state index in [1.54, 1.807) is 0 Å². The summed E-state index contributed by atoms with van der Waals surface area (Å²) in [6, 6.07) is 7.87. The van der Waals surface area contributed by atoms with Crippen LogP contribution < -0.4 is 10.5 Å². The van der Waals surface area contributed by atoms with E-state index in [1.165, 1.54) is 0 Å². The lowest BCUT2D eigenvalue weighted by Crippen LogP contribution is -2.08. The van der Waals surface area contributed by atoms with Crippen molar-refractivity contribution in [2.75, 3.05) is 0 Å². The summed E-state index contributed by atoms with van der Waals surface area (Å²) in [6.07, 6.45) is 0.921. The van der Waals surface area contributed by atoms with Crippen molar-refractivity contribution in [3.63, 3.8) is 0 Å². The quantitative estimate of drug-likeness (QED) is 0.877. The first-order valence-electron chi connectivity index (χ1n) is 5.97. The van der Waals surface area contributed by atoms with Gasteiger partial charge >= 0.3 is 0 Å². The largest absolute Gasteiger partial charge is 0.487 e. The number of rotatable bonds is 5. The van der Waals surface area contributed by atoms with E-state index in [1.807, 2.05) is 31.2 Å². The molecule has 0 amide bonds. The topological polar surface area (TPSA) is 74.2 Å². The van der Waals surface area contributed by atoms with E-state index >= 15 is 0 Å². The van der Waals surface area contributed by atoms with Gasteiger partial charge in [0.25, 0.3) is 0 Å². The average molecular weight is 247 g/mol. The van der Waals surface area contributed by atoms with Crippen LogP contribution in [0.15, 0.2) is 28.9 Å². The highest BCUT2D eigenvalue weighted by Crippen LogP contribution is 2.19. The highest BCUT2D eigenvalue weighted by atomic mass is 16.6. The van der Waals surface area contributed by atoms with E-state index in [0.29, 0.717) is 12.3 Å². The van der Waals surface area contributed by atoms with E-state index < -0.39 is 0 Å². The van der Waals surface area contributed by atoms with Gasteiger partial charge in [0.15, 0.2) is 0 Å². The van der Waals surface area contributed by atoms with Crippen molar-refractivity contribution in [2.24, 2.45) is 5.73 Å². The first-order chi connectivity index (χ1) is 8.70. The monoisotopic (exact) mass is 247 g/mol. The molecule has 2 aromatic rings. The molecule has 96 valence electrons. The van der Waals surface area contributed by atoms with Crippen molar-refractivity contribution >= 4 is 0 Å². The van der Waals surface area contributed by atoms with Crippen molar-refractivity contribution in [1.82, 2.24) is 10.3 Å². The summed E-state index contributed by atoms with van der Waals surface area (Å²) in [5.74, 6) is 0.782. The molecule has 0 saturated carbocycles. The molecular formula is C13H17N3O2. The van der Waals surface area contributed by atoms with Crippen molar-refractivity contribution in [2.45, 2.75) is 32.9 Å². The molecule has 0 unspecified atom stereocenters. The Morgan fingerprint density at radius 1 is 1.28 bits per heavy atom. The van der Waals surface area contributed by atoms with Gasteiger partial charge in [-0.15, -0.1) is 0 Å². The number of benzene rings is 1. The van der Waals surface area contributed by atoms with Gasteiger partial charge < -0.3 is 10.5 Å². The summed E-state index contributed by atoms with van der Waals surface area (Å²) in [6.45, 7) is 4.25. The van der Waals surface area contributed by atoms with Gasteiger partial charge in [-0.25, -0.2) is 4.63 Å². The Hall–Kier alpha value is -1.88. The lowest BCUT2D eigenvalue weighted by molar-refractivity contribution is 0.270. The van der Waals surface area contributed by atoms with Gasteiger partial charge in [0.2, 0.25) is 0 Å². The Kier molecular flexibility index (Phi) is 3.94. The van der Waals surface area contributed by atoms with Gasteiger partial charge in [0.1, 0.15) is 23.7 Å². The SMILES string of the molecule is CC[C@@H](N)c1ccc(OCc2nonc2C)cc1. The van der Waals surface area contributed by atoms with Crippen LogP contribution in [0.4, 0.5) is 0 Å². The molecule has 1 heterocycles. The molecule has 0 spiro atoms. The summed E-state index contributed by atoms with van der Waals surface area (Å²) >= 11 is 0. The van der Waals surface area contributed by atoms with Gasteiger partial charge in [0, 0.05) is 6.04 Å². The molecule has 5 heteroatoms. The van der Waals surface area contributed by atoms with Gasteiger partial charge in [-0.05, 0) is 31.0 Å². The van der Waals surface area contributed by atoms with E-state index in [-0.39, 0.29) is 6.04 Å². The number of nitrogens with two attached hydrogens (primary N) is 1. The maximum Gasteiger partial charge on any atom is 0.145 e.